The molecule has 0 saturated carbocycles. The lowest BCUT2D eigenvalue weighted by Crippen LogP contribution is -2.41. The molecule has 7 heteroatoms. The number of fused-ring (bicyclic) bond motifs is 1. The Hall–Kier alpha value is -2.02. The van der Waals surface area contributed by atoms with Gasteiger partial charge in [0, 0.05) is 17.1 Å². The first-order chi connectivity index (χ1) is 9.38. The van der Waals surface area contributed by atoms with Crippen molar-refractivity contribution in [2.24, 2.45) is 0 Å². The molecule has 0 bridgehead atoms. The van der Waals surface area contributed by atoms with E-state index in [4.69, 9.17) is 5.11 Å². The number of rotatable bonds is 4. The number of aliphatic hydroxyl groups is 1. The van der Waals surface area contributed by atoms with E-state index in [0.29, 0.717) is 5.56 Å². The molecule has 0 aliphatic carbocycles. The molecule has 1 unspecified atom stereocenters. The Labute approximate surface area is 112 Å². The van der Waals surface area contributed by atoms with Crippen LogP contribution in [0.25, 0.3) is 10.9 Å². The van der Waals surface area contributed by atoms with Gasteiger partial charge in [0.05, 0.1) is 13.0 Å². The summed E-state index contributed by atoms with van der Waals surface area (Å²) in [5.41, 5.74) is 1.55. The zero-order chi connectivity index (χ0) is 14.8. The normalized spacial score (nSPS) is 13.4. The largest absolute Gasteiger partial charge is 0.416 e. The van der Waals surface area contributed by atoms with Crippen LogP contribution in [0.15, 0.2) is 30.5 Å². The van der Waals surface area contributed by atoms with E-state index >= 15 is 0 Å². The van der Waals surface area contributed by atoms with Crippen molar-refractivity contribution < 1.29 is 23.1 Å². The smallest absolute Gasteiger partial charge is 0.382 e. The topological polar surface area (TPSA) is 65.1 Å². The third kappa shape index (κ3) is 3.30. The molecule has 0 saturated heterocycles. The van der Waals surface area contributed by atoms with Crippen molar-refractivity contribution in [3.8, 4) is 0 Å². The fraction of sp³-hybridized carbons (Fsp3) is 0.308. The maximum Gasteiger partial charge on any atom is 0.416 e. The van der Waals surface area contributed by atoms with Crippen LogP contribution in [0, 0.1) is 0 Å². The number of amides is 1. The molecule has 4 nitrogen and oxygen atoms in total. The minimum absolute atomic E-state index is 0.0470. The van der Waals surface area contributed by atoms with Crippen LogP contribution in [0.3, 0.4) is 0 Å². The molecule has 1 amide bonds. The third-order valence-corrected chi connectivity index (χ3v) is 2.90. The lowest BCUT2D eigenvalue weighted by molar-refractivity contribution is -0.201. The van der Waals surface area contributed by atoms with Crippen molar-refractivity contribution in [2.75, 3.05) is 6.54 Å². The molecule has 3 N–H and O–H groups in total. The zero-order valence-corrected chi connectivity index (χ0v) is 10.4. The SMILES string of the molecule is O=C(Cc1c[nH]c2ccccc12)NCC(O)C(F)(F)F. The summed E-state index contributed by atoms with van der Waals surface area (Å²) < 4.78 is 36.2. The number of hydrogen-bond acceptors (Lipinski definition) is 2. The van der Waals surface area contributed by atoms with Crippen molar-refractivity contribution in [3.05, 3.63) is 36.0 Å². The number of aromatic amines is 1. The average Bonchev–Trinajstić information content (AvgIpc) is 2.78. The van der Waals surface area contributed by atoms with E-state index in [1.165, 1.54) is 0 Å². The highest BCUT2D eigenvalue weighted by Gasteiger charge is 2.38. The fourth-order valence-electron chi connectivity index (χ4n) is 1.84. The summed E-state index contributed by atoms with van der Waals surface area (Å²) in [6, 6.07) is 7.30. The number of para-hydroxylation sites is 1. The molecule has 2 aromatic rings. The molecule has 0 aliphatic rings. The van der Waals surface area contributed by atoms with Gasteiger partial charge in [0.15, 0.2) is 6.10 Å². The quantitative estimate of drug-likeness (QED) is 0.801. The predicted octanol–water partition coefficient (Wildman–Crippen LogP) is 1.75. The highest BCUT2D eigenvalue weighted by atomic mass is 19.4. The van der Waals surface area contributed by atoms with Crippen molar-refractivity contribution in [3.63, 3.8) is 0 Å². The maximum absolute atomic E-state index is 12.1. The molecule has 1 aromatic heterocycles. The first-order valence-electron chi connectivity index (χ1n) is 5.94. The Morgan fingerprint density at radius 3 is 2.75 bits per heavy atom. The van der Waals surface area contributed by atoms with Gasteiger partial charge in [-0.25, -0.2) is 0 Å². The Bertz CT molecular complexity index is 607. The summed E-state index contributed by atoms with van der Waals surface area (Å²) in [6.45, 7) is -0.843. The minimum Gasteiger partial charge on any atom is -0.382 e. The number of carbonyl (C=O) groups excluding carboxylic acids is 1. The summed E-state index contributed by atoms with van der Waals surface area (Å²) in [4.78, 5) is 14.6. The Morgan fingerprint density at radius 2 is 2.05 bits per heavy atom. The average molecular weight is 286 g/mol. The molecule has 20 heavy (non-hydrogen) atoms. The standard InChI is InChI=1S/C13H13F3N2O2/c14-13(15,16)11(19)7-18-12(20)5-8-6-17-10-4-2-1-3-9(8)10/h1-4,6,11,17,19H,5,7H2,(H,18,20). The van der Waals surface area contributed by atoms with Crippen molar-refractivity contribution >= 4 is 16.8 Å². The van der Waals surface area contributed by atoms with Crippen LogP contribution in [0.1, 0.15) is 5.56 Å². The summed E-state index contributed by atoms with van der Waals surface area (Å²) in [7, 11) is 0. The van der Waals surface area contributed by atoms with Gasteiger partial charge in [0.25, 0.3) is 0 Å². The van der Waals surface area contributed by atoms with Crippen molar-refractivity contribution in [2.45, 2.75) is 18.7 Å². The highest BCUT2D eigenvalue weighted by molar-refractivity contribution is 5.88. The van der Waals surface area contributed by atoms with Crippen LogP contribution in [0.2, 0.25) is 0 Å². The number of benzene rings is 1. The number of nitrogens with one attached hydrogen (secondary N) is 2. The van der Waals surface area contributed by atoms with Gasteiger partial charge >= 0.3 is 6.18 Å². The van der Waals surface area contributed by atoms with Crippen LogP contribution in [-0.2, 0) is 11.2 Å². The third-order valence-electron chi connectivity index (χ3n) is 2.90. The maximum atomic E-state index is 12.1. The molecule has 0 fully saturated rings. The van der Waals surface area contributed by atoms with Crippen LogP contribution in [0.4, 0.5) is 13.2 Å². The molecule has 1 aromatic carbocycles. The van der Waals surface area contributed by atoms with E-state index < -0.39 is 24.7 Å². The number of carbonyl (C=O) groups is 1. The van der Waals surface area contributed by atoms with Crippen molar-refractivity contribution in [1.82, 2.24) is 10.3 Å². The summed E-state index contributed by atoms with van der Waals surface area (Å²) in [6.07, 6.45) is -5.68. The Morgan fingerprint density at radius 1 is 1.35 bits per heavy atom. The second-order valence-electron chi connectivity index (χ2n) is 4.40. The van der Waals surface area contributed by atoms with Crippen LogP contribution in [-0.4, -0.2) is 34.8 Å². The fourth-order valence-corrected chi connectivity index (χ4v) is 1.84. The Kier molecular flexibility index (Phi) is 3.99. The van der Waals surface area contributed by atoms with Gasteiger partial charge in [-0.05, 0) is 11.6 Å². The number of aromatic nitrogens is 1. The monoisotopic (exact) mass is 286 g/mol. The van der Waals surface area contributed by atoms with Gasteiger partial charge in [0.1, 0.15) is 0 Å². The van der Waals surface area contributed by atoms with E-state index in [1.54, 1.807) is 6.20 Å². The molecule has 1 atom stereocenters. The van der Waals surface area contributed by atoms with E-state index in [9.17, 15) is 18.0 Å². The van der Waals surface area contributed by atoms with Gasteiger partial charge in [-0.15, -0.1) is 0 Å². The zero-order valence-electron chi connectivity index (χ0n) is 10.4. The number of halogens is 3. The molecule has 2 rings (SSSR count). The summed E-state index contributed by atoms with van der Waals surface area (Å²) in [5.74, 6) is -0.571. The van der Waals surface area contributed by atoms with Gasteiger partial charge in [-0.1, -0.05) is 18.2 Å². The number of hydrogen-bond donors (Lipinski definition) is 3. The van der Waals surface area contributed by atoms with E-state index in [-0.39, 0.29) is 6.42 Å². The molecule has 0 aliphatic heterocycles. The number of H-pyrrole nitrogens is 1. The van der Waals surface area contributed by atoms with E-state index in [2.05, 4.69) is 10.3 Å². The number of alkyl halides is 3. The predicted molar refractivity (Wildman–Crippen MR) is 67.1 cm³/mol. The highest BCUT2D eigenvalue weighted by Crippen LogP contribution is 2.20. The van der Waals surface area contributed by atoms with Crippen LogP contribution < -0.4 is 5.32 Å². The molecule has 108 valence electrons. The first-order valence-corrected chi connectivity index (χ1v) is 5.94. The molecule has 0 spiro atoms. The van der Waals surface area contributed by atoms with Crippen LogP contribution >= 0.6 is 0 Å². The second-order valence-corrected chi connectivity index (χ2v) is 4.40. The van der Waals surface area contributed by atoms with Gasteiger partial charge in [-0.3, -0.25) is 4.79 Å². The minimum atomic E-state index is -4.73. The van der Waals surface area contributed by atoms with Crippen molar-refractivity contribution in [1.29, 1.82) is 0 Å². The summed E-state index contributed by atoms with van der Waals surface area (Å²) in [5, 5.41) is 11.7. The Balaban J connectivity index is 1.95. The number of aliphatic hydroxyl groups excluding tert-OH is 1. The lowest BCUT2D eigenvalue weighted by atomic mass is 10.1. The molecule has 1 heterocycles. The lowest BCUT2D eigenvalue weighted by Gasteiger charge is -2.14. The van der Waals surface area contributed by atoms with Gasteiger partial charge < -0.3 is 15.4 Å². The molecular weight excluding hydrogens is 273 g/mol. The summed E-state index contributed by atoms with van der Waals surface area (Å²) >= 11 is 0. The van der Waals surface area contributed by atoms with Crippen LogP contribution in [0.5, 0.6) is 0 Å². The van der Waals surface area contributed by atoms with E-state index in [1.807, 2.05) is 24.3 Å². The second kappa shape index (κ2) is 5.54. The molecular formula is C13H13F3N2O2. The molecule has 0 radical (unpaired) electrons. The first kappa shape index (κ1) is 14.4. The van der Waals surface area contributed by atoms with Gasteiger partial charge in [-0.2, -0.15) is 13.2 Å². The van der Waals surface area contributed by atoms with E-state index in [0.717, 1.165) is 10.9 Å². The van der Waals surface area contributed by atoms with Gasteiger partial charge in [0.2, 0.25) is 5.91 Å².